The highest BCUT2D eigenvalue weighted by Crippen LogP contribution is 2.21. The highest BCUT2D eigenvalue weighted by molar-refractivity contribution is 7.99. The molecule has 1 aromatic heterocycles. The normalized spacial score (nSPS) is 12.8. The van der Waals surface area contributed by atoms with Crippen LogP contribution in [0, 0.1) is 0 Å². The Hall–Kier alpha value is -0.780. The fourth-order valence-corrected chi connectivity index (χ4v) is 1.58. The maximum Gasteiger partial charge on any atom is 0.119 e. The molecule has 1 rings (SSSR count). The van der Waals surface area contributed by atoms with Gasteiger partial charge in [-0.25, -0.2) is 4.98 Å². The first-order valence-corrected chi connectivity index (χ1v) is 4.85. The number of thioether (sulfide) groups is 1. The minimum atomic E-state index is -0.716. The second kappa shape index (κ2) is 5.06. The Morgan fingerprint density at radius 1 is 1.62 bits per heavy atom. The molecule has 5 heteroatoms. The van der Waals surface area contributed by atoms with Gasteiger partial charge in [-0.2, -0.15) is 0 Å². The number of anilines is 1. The van der Waals surface area contributed by atoms with Gasteiger partial charge in [0.15, 0.2) is 0 Å². The van der Waals surface area contributed by atoms with Crippen LogP contribution in [-0.4, -0.2) is 33.7 Å². The maximum absolute atomic E-state index is 9.07. The van der Waals surface area contributed by atoms with E-state index in [-0.39, 0.29) is 6.61 Å². The lowest BCUT2D eigenvalue weighted by atomic mass is 10.4. The van der Waals surface area contributed by atoms with Gasteiger partial charge in [0.2, 0.25) is 0 Å². The zero-order valence-electron chi connectivity index (χ0n) is 7.05. The van der Waals surface area contributed by atoms with E-state index in [0.717, 1.165) is 0 Å². The molecule has 13 heavy (non-hydrogen) atoms. The summed E-state index contributed by atoms with van der Waals surface area (Å²) in [5, 5.41) is 18.3. The van der Waals surface area contributed by atoms with E-state index in [9.17, 15) is 0 Å². The monoisotopic (exact) mass is 200 g/mol. The Morgan fingerprint density at radius 3 is 3.00 bits per heavy atom. The van der Waals surface area contributed by atoms with Crippen LogP contribution in [0.5, 0.6) is 0 Å². The van der Waals surface area contributed by atoms with E-state index in [2.05, 4.69) is 4.98 Å². The smallest absolute Gasteiger partial charge is 0.119 e. The fourth-order valence-electron chi connectivity index (χ4n) is 0.752. The molecular formula is C8H12N2O2S. The second-order valence-electron chi connectivity index (χ2n) is 2.55. The Kier molecular flexibility index (Phi) is 4.01. The van der Waals surface area contributed by atoms with Crippen molar-refractivity contribution in [3.05, 3.63) is 18.3 Å². The summed E-state index contributed by atoms with van der Waals surface area (Å²) in [4.78, 5) is 4.03. The van der Waals surface area contributed by atoms with E-state index in [1.807, 2.05) is 0 Å². The van der Waals surface area contributed by atoms with Gasteiger partial charge in [0.05, 0.1) is 18.4 Å². The standard InChI is InChI=1S/C8H12N2O2S/c9-7-2-1-3-10-8(7)13-5-6(12)4-11/h1-3,6,11-12H,4-5,9H2. The van der Waals surface area contributed by atoms with E-state index < -0.39 is 6.10 Å². The molecule has 0 aromatic carbocycles. The van der Waals surface area contributed by atoms with Gasteiger partial charge in [-0.3, -0.25) is 0 Å². The van der Waals surface area contributed by atoms with E-state index in [1.165, 1.54) is 11.8 Å². The van der Waals surface area contributed by atoms with Crippen molar-refractivity contribution in [1.29, 1.82) is 0 Å². The molecule has 1 heterocycles. The first-order chi connectivity index (χ1) is 6.24. The molecule has 0 spiro atoms. The Balaban J connectivity index is 2.50. The molecule has 0 radical (unpaired) electrons. The molecule has 4 N–H and O–H groups in total. The lowest BCUT2D eigenvalue weighted by Gasteiger charge is -2.06. The van der Waals surface area contributed by atoms with Crippen LogP contribution in [0.2, 0.25) is 0 Å². The summed E-state index contributed by atoms with van der Waals surface area (Å²) in [6.45, 7) is -0.236. The van der Waals surface area contributed by atoms with Crippen molar-refractivity contribution in [3.8, 4) is 0 Å². The van der Waals surface area contributed by atoms with Crippen LogP contribution < -0.4 is 5.73 Å². The number of nitrogens with two attached hydrogens (primary N) is 1. The van der Waals surface area contributed by atoms with Gasteiger partial charge in [-0.1, -0.05) is 0 Å². The zero-order valence-corrected chi connectivity index (χ0v) is 7.87. The molecule has 0 fully saturated rings. The predicted octanol–water partition coefficient (Wildman–Crippen LogP) is 0.109. The van der Waals surface area contributed by atoms with Crippen LogP contribution in [0.25, 0.3) is 0 Å². The SMILES string of the molecule is Nc1cccnc1SCC(O)CO. The number of aromatic nitrogens is 1. The fraction of sp³-hybridized carbons (Fsp3) is 0.375. The van der Waals surface area contributed by atoms with Crippen LogP contribution in [0.1, 0.15) is 0 Å². The van der Waals surface area contributed by atoms with E-state index in [1.54, 1.807) is 18.3 Å². The van der Waals surface area contributed by atoms with Crippen LogP contribution in [0.3, 0.4) is 0 Å². The van der Waals surface area contributed by atoms with Gasteiger partial charge in [0.1, 0.15) is 5.03 Å². The average Bonchev–Trinajstić information content (AvgIpc) is 2.16. The minimum Gasteiger partial charge on any atom is -0.397 e. The van der Waals surface area contributed by atoms with Crippen LogP contribution in [-0.2, 0) is 0 Å². The highest BCUT2D eigenvalue weighted by atomic mass is 32.2. The Labute approximate surface area is 80.8 Å². The molecule has 1 aromatic rings. The molecule has 0 saturated carbocycles. The summed E-state index contributed by atoms with van der Waals surface area (Å²) >= 11 is 1.33. The molecule has 1 atom stereocenters. The van der Waals surface area contributed by atoms with Crippen LogP contribution in [0.4, 0.5) is 5.69 Å². The zero-order chi connectivity index (χ0) is 9.68. The van der Waals surface area contributed by atoms with Gasteiger partial charge < -0.3 is 15.9 Å². The first kappa shape index (κ1) is 10.3. The summed E-state index contributed by atoms with van der Waals surface area (Å²) < 4.78 is 0. The molecule has 1 unspecified atom stereocenters. The van der Waals surface area contributed by atoms with Gasteiger partial charge >= 0.3 is 0 Å². The number of aliphatic hydroxyl groups is 2. The van der Waals surface area contributed by atoms with Crippen LogP contribution in [0.15, 0.2) is 23.4 Å². The number of pyridine rings is 1. The first-order valence-electron chi connectivity index (χ1n) is 3.86. The summed E-state index contributed by atoms with van der Waals surface area (Å²) in [5.41, 5.74) is 6.22. The van der Waals surface area contributed by atoms with Crippen molar-refractivity contribution >= 4 is 17.4 Å². The lowest BCUT2D eigenvalue weighted by Crippen LogP contribution is -2.14. The molecular weight excluding hydrogens is 188 g/mol. The summed E-state index contributed by atoms with van der Waals surface area (Å²) in [6.07, 6.45) is 0.927. The number of rotatable bonds is 4. The highest BCUT2D eigenvalue weighted by Gasteiger charge is 2.05. The summed E-state index contributed by atoms with van der Waals surface area (Å²) in [6, 6.07) is 3.50. The third kappa shape index (κ3) is 3.22. The predicted molar refractivity (Wildman–Crippen MR) is 52.5 cm³/mol. The van der Waals surface area contributed by atoms with Crippen molar-refractivity contribution in [2.24, 2.45) is 0 Å². The number of nitrogens with zero attached hydrogens (tertiary/aromatic N) is 1. The van der Waals surface area contributed by atoms with Crippen molar-refractivity contribution in [2.45, 2.75) is 11.1 Å². The van der Waals surface area contributed by atoms with Gasteiger partial charge in [0.25, 0.3) is 0 Å². The van der Waals surface area contributed by atoms with Crippen molar-refractivity contribution in [2.75, 3.05) is 18.1 Å². The second-order valence-corrected chi connectivity index (χ2v) is 3.55. The molecule has 0 saturated heterocycles. The Morgan fingerprint density at radius 2 is 2.38 bits per heavy atom. The number of hydrogen-bond donors (Lipinski definition) is 3. The van der Waals surface area contributed by atoms with E-state index in [4.69, 9.17) is 15.9 Å². The molecule has 0 aliphatic rings. The van der Waals surface area contributed by atoms with Gasteiger partial charge in [-0.15, -0.1) is 11.8 Å². The van der Waals surface area contributed by atoms with Gasteiger partial charge in [-0.05, 0) is 12.1 Å². The van der Waals surface area contributed by atoms with Gasteiger partial charge in [0, 0.05) is 11.9 Å². The van der Waals surface area contributed by atoms with Crippen molar-refractivity contribution < 1.29 is 10.2 Å². The van der Waals surface area contributed by atoms with E-state index in [0.29, 0.717) is 16.5 Å². The topological polar surface area (TPSA) is 79.4 Å². The maximum atomic E-state index is 9.07. The van der Waals surface area contributed by atoms with Crippen LogP contribution >= 0.6 is 11.8 Å². The number of nitrogen functional groups attached to an aromatic ring is 1. The summed E-state index contributed by atoms with van der Waals surface area (Å²) in [5.74, 6) is 0.401. The number of aliphatic hydroxyl groups excluding tert-OH is 2. The van der Waals surface area contributed by atoms with Crippen molar-refractivity contribution in [3.63, 3.8) is 0 Å². The largest absolute Gasteiger partial charge is 0.397 e. The molecule has 72 valence electrons. The summed E-state index contributed by atoms with van der Waals surface area (Å²) in [7, 11) is 0. The lowest BCUT2D eigenvalue weighted by molar-refractivity contribution is 0.113. The quantitative estimate of drug-likeness (QED) is 0.601. The number of hydrogen-bond acceptors (Lipinski definition) is 5. The average molecular weight is 200 g/mol. The molecule has 0 amide bonds. The Bertz CT molecular complexity index is 270. The molecule has 4 nitrogen and oxygen atoms in total. The molecule has 0 bridgehead atoms. The molecule has 0 aliphatic heterocycles. The molecule has 0 aliphatic carbocycles. The minimum absolute atomic E-state index is 0.236. The third-order valence-corrected chi connectivity index (χ3v) is 2.59. The third-order valence-electron chi connectivity index (χ3n) is 1.42. The van der Waals surface area contributed by atoms with Crippen molar-refractivity contribution in [1.82, 2.24) is 4.98 Å². The van der Waals surface area contributed by atoms with E-state index >= 15 is 0 Å².